The molecule has 0 spiro atoms. The summed E-state index contributed by atoms with van der Waals surface area (Å²) in [5.41, 5.74) is 7.66. The van der Waals surface area contributed by atoms with Crippen molar-refractivity contribution < 1.29 is 14.6 Å². The van der Waals surface area contributed by atoms with Crippen molar-refractivity contribution in [2.24, 2.45) is 5.73 Å². The molecule has 2 rings (SSSR count). The number of benzene rings is 2. The molecule has 2 aromatic carbocycles. The zero-order valence-corrected chi connectivity index (χ0v) is 11.5. The Morgan fingerprint density at radius 2 is 1.70 bits per heavy atom. The average Bonchev–Trinajstić information content (AvgIpc) is 2.47. The Bertz CT molecular complexity index is 552. The van der Waals surface area contributed by atoms with E-state index in [4.69, 9.17) is 15.2 Å². The molecule has 0 aliphatic carbocycles. The smallest absolute Gasteiger partial charge is 0.161 e. The molecule has 0 radical (unpaired) electrons. The maximum absolute atomic E-state index is 9.25. The van der Waals surface area contributed by atoms with Crippen LogP contribution in [0.2, 0.25) is 0 Å². The minimum atomic E-state index is 0.247. The van der Waals surface area contributed by atoms with Crippen molar-refractivity contribution in [3.63, 3.8) is 0 Å². The number of hydrogen-bond acceptors (Lipinski definition) is 4. The number of phenols is 1. The summed E-state index contributed by atoms with van der Waals surface area (Å²) in [6, 6.07) is 12.8. The third-order valence-corrected chi connectivity index (χ3v) is 2.99. The summed E-state index contributed by atoms with van der Waals surface area (Å²) in [5, 5.41) is 9.25. The summed E-state index contributed by atoms with van der Waals surface area (Å²) in [6.45, 7) is 1.02. The van der Waals surface area contributed by atoms with E-state index in [-0.39, 0.29) is 5.75 Å². The van der Waals surface area contributed by atoms with Crippen LogP contribution in [0.5, 0.6) is 17.2 Å². The molecule has 4 nitrogen and oxygen atoms in total. The maximum atomic E-state index is 9.25. The summed E-state index contributed by atoms with van der Waals surface area (Å²) in [5.74, 6) is 1.65. The first-order chi connectivity index (χ1) is 9.72. The lowest BCUT2D eigenvalue weighted by Crippen LogP contribution is -2.04. The van der Waals surface area contributed by atoms with Gasteiger partial charge in [-0.15, -0.1) is 0 Å². The fourth-order valence-corrected chi connectivity index (χ4v) is 1.91. The van der Waals surface area contributed by atoms with Crippen LogP contribution in [0.4, 0.5) is 0 Å². The van der Waals surface area contributed by atoms with Gasteiger partial charge in [-0.2, -0.15) is 0 Å². The molecule has 0 aliphatic heterocycles. The van der Waals surface area contributed by atoms with Gasteiger partial charge in [0.1, 0.15) is 12.4 Å². The summed E-state index contributed by atoms with van der Waals surface area (Å²) in [4.78, 5) is 0. The number of nitrogens with two attached hydrogens (primary N) is 1. The zero-order chi connectivity index (χ0) is 14.4. The fourth-order valence-electron chi connectivity index (χ4n) is 1.91. The molecule has 0 fully saturated rings. The lowest BCUT2D eigenvalue weighted by molar-refractivity contribution is 0.284. The van der Waals surface area contributed by atoms with Gasteiger partial charge in [0.15, 0.2) is 11.5 Å². The van der Waals surface area contributed by atoms with E-state index in [1.165, 1.54) is 0 Å². The van der Waals surface area contributed by atoms with Crippen molar-refractivity contribution in [1.29, 1.82) is 0 Å². The minimum Gasteiger partial charge on any atom is -0.508 e. The molecule has 0 atom stereocenters. The highest BCUT2D eigenvalue weighted by molar-refractivity contribution is 5.43. The van der Waals surface area contributed by atoms with E-state index in [1.807, 2.05) is 30.3 Å². The Morgan fingerprint density at radius 3 is 2.35 bits per heavy atom. The molecule has 0 saturated carbocycles. The van der Waals surface area contributed by atoms with Crippen LogP contribution >= 0.6 is 0 Å². The zero-order valence-electron chi connectivity index (χ0n) is 11.5. The van der Waals surface area contributed by atoms with Crippen molar-refractivity contribution in [2.45, 2.75) is 13.0 Å². The summed E-state index contributed by atoms with van der Waals surface area (Å²) < 4.78 is 11.1. The molecule has 0 aliphatic rings. The first-order valence-electron chi connectivity index (χ1n) is 6.50. The predicted octanol–water partition coefficient (Wildman–Crippen LogP) is 2.48. The summed E-state index contributed by atoms with van der Waals surface area (Å²) in [6.07, 6.45) is 0.805. The molecule has 0 amide bonds. The van der Waals surface area contributed by atoms with E-state index in [0.717, 1.165) is 17.5 Å². The van der Waals surface area contributed by atoms with E-state index in [1.54, 1.807) is 19.2 Å². The topological polar surface area (TPSA) is 64.7 Å². The van der Waals surface area contributed by atoms with Crippen molar-refractivity contribution >= 4 is 0 Å². The van der Waals surface area contributed by atoms with Gasteiger partial charge in [-0.1, -0.05) is 18.2 Å². The van der Waals surface area contributed by atoms with Crippen LogP contribution in [0.3, 0.4) is 0 Å². The minimum absolute atomic E-state index is 0.247. The Hall–Kier alpha value is -2.20. The maximum Gasteiger partial charge on any atom is 0.161 e. The van der Waals surface area contributed by atoms with Crippen LogP contribution in [0.15, 0.2) is 42.5 Å². The fraction of sp³-hybridized carbons (Fsp3) is 0.250. The highest BCUT2D eigenvalue weighted by Gasteiger charge is 2.06. The number of methoxy groups -OCH3 is 1. The Balaban J connectivity index is 2.10. The standard InChI is InChI=1S/C16H19NO3/c1-19-15-7-4-12(8-9-17)10-16(15)20-11-13-2-5-14(18)6-3-13/h2-7,10,18H,8-9,11,17H2,1H3. The number of rotatable bonds is 6. The molecule has 20 heavy (non-hydrogen) atoms. The van der Waals surface area contributed by atoms with E-state index in [9.17, 15) is 5.11 Å². The molecular weight excluding hydrogens is 254 g/mol. The molecular formula is C16H19NO3. The van der Waals surface area contributed by atoms with Gasteiger partial charge in [0, 0.05) is 0 Å². The lowest BCUT2D eigenvalue weighted by atomic mass is 10.1. The van der Waals surface area contributed by atoms with E-state index in [0.29, 0.717) is 24.7 Å². The Labute approximate surface area is 118 Å². The SMILES string of the molecule is COc1ccc(CCN)cc1OCc1ccc(O)cc1. The second kappa shape index (κ2) is 6.82. The van der Waals surface area contributed by atoms with Gasteiger partial charge in [0.2, 0.25) is 0 Å². The van der Waals surface area contributed by atoms with Crippen molar-refractivity contribution in [1.82, 2.24) is 0 Å². The van der Waals surface area contributed by atoms with Gasteiger partial charge < -0.3 is 20.3 Å². The van der Waals surface area contributed by atoms with E-state index in [2.05, 4.69) is 0 Å². The molecule has 0 saturated heterocycles. The first kappa shape index (κ1) is 14.2. The highest BCUT2D eigenvalue weighted by atomic mass is 16.5. The van der Waals surface area contributed by atoms with Gasteiger partial charge in [-0.3, -0.25) is 0 Å². The highest BCUT2D eigenvalue weighted by Crippen LogP contribution is 2.29. The van der Waals surface area contributed by atoms with Crippen molar-refractivity contribution in [3.8, 4) is 17.2 Å². The lowest BCUT2D eigenvalue weighted by Gasteiger charge is -2.12. The number of aromatic hydroxyl groups is 1. The third-order valence-electron chi connectivity index (χ3n) is 2.99. The van der Waals surface area contributed by atoms with Gasteiger partial charge in [-0.05, 0) is 48.4 Å². The summed E-state index contributed by atoms with van der Waals surface area (Å²) >= 11 is 0. The number of phenolic OH excluding ortho intramolecular Hbond substituents is 1. The van der Waals surface area contributed by atoms with Gasteiger partial charge in [0.05, 0.1) is 7.11 Å². The normalized spacial score (nSPS) is 10.3. The average molecular weight is 273 g/mol. The van der Waals surface area contributed by atoms with Gasteiger partial charge in [0.25, 0.3) is 0 Å². The second-order valence-electron chi connectivity index (χ2n) is 4.48. The predicted molar refractivity (Wildman–Crippen MR) is 78.2 cm³/mol. The van der Waals surface area contributed by atoms with E-state index < -0.39 is 0 Å². The van der Waals surface area contributed by atoms with Crippen molar-refractivity contribution in [3.05, 3.63) is 53.6 Å². The third kappa shape index (κ3) is 3.65. The monoisotopic (exact) mass is 273 g/mol. The Kier molecular flexibility index (Phi) is 4.85. The molecule has 0 unspecified atom stereocenters. The van der Waals surface area contributed by atoms with Crippen LogP contribution in [-0.2, 0) is 13.0 Å². The van der Waals surface area contributed by atoms with Crippen LogP contribution in [0, 0.1) is 0 Å². The first-order valence-corrected chi connectivity index (χ1v) is 6.50. The number of ether oxygens (including phenoxy) is 2. The molecule has 0 bridgehead atoms. The Morgan fingerprint density at radius 1 is 1.00 bits per heavy atom. The van der Waals surface area contributed by atoms with Gasteiger partial charge in [-0.25, -0.2) is 0 Å². The molecule has 0 heterocycles. The molecule has 2 aromatic rings. The largest absolute Gasteiger partial charge is 0.508 e. The number of hydrogen-bond donors (Lipinski definition) is 2. The van der Waals surface area contributed by atoms with Crippen molar-refractivity contribution in [2.75, 3.05) is 13.7 Å². The van der Waals surface area contributed by atoms with Crippen LogP contribution < -0.4 is 15.2 Å². The second-order valence-corrected chi connectivity index (χ2v) is 4.48. The van der Waals surface area contributed by atoms with Crippen LogP contribution in [0.25, 0.3) is 0 Å². The molecule has 0 aromatic heterocycles. The molecule has 106 valence electrons. The van der Waals surface area contributed by atoms with Crippen LogP contribution in [0.1, 0.15) is 11.1 Å². The summed E-state index contributed by atoms with van der Waals surface area (Å²) in [7, 11) is 1.62. The van der Waals surface area contributed by atoms with E-state index >= 15 is 0 Å². The van der Waals surface area contributed by atoms with Gasteiger partial charge >= 0.3 is 0 Å². The molecule has 3 N–H and O–H groups in total. The quantitative estimate of drug-likeness (QED) is 0.848. The molecule has 4 heteroatoms. The van der Waals surface area contributed by atoms with Crippen LogP contribution in [-0.4, -0.2) is 18.8 Å².